The Kier molecular flexibility index (Phi) is 7.48. The molecular formula is C27H29F3N6O2. The van der Waals surface area contributed by atoms with Crippen molar-refractivity contribution in [1.82, 2.24) is 15.3 Å². The lowest BCUT2D eigenvalue weighted by Crippen LogP contribution is -2.44. The first-order chi connectivity index (χ1) is 18.3. The number of morpholine rings is 1. The van der Waals surface area contributed by atoms with E-state index in [2.05, 4.69) is 31.5 Å². The number of carbonyl (C=O) groups is 1. The molecule has 2 aliphatic rings. The number of pyridine rings is 2. The van der Waals surface area contributed by atoms with Gasteiger partial charge in [-0.15, -0.1) is 0 Å². The van der Waals surface area contributed by atoms with Crippen LogP contribution in [0.25, 0.3) is 11.1 Å². The van der Waals surface area contributed by atoms with Crippen LogP contribution in [0.3, 0.4) is 0 Å². The number of nitrogens with zero attached hydrogens (tertiary/aromatic N) is 4. The fourth-order valence-electron chi connectivity index (χ4n) is 4.61. The van der Waals surface area contributed by atoms with Crippen LogP contribution in [-0.4, -0.2) is 68.4 Å². The quantitative estimate of drug-likeness (QED) is 0.521. The Balaban J connectivity index is 1.47. The lowest BCUT2D eigenvalue weighted by molar-refractivity contribution is -0.141. The number of halogens is 3. The van der Waals surface area contributed by atoms with Gasteiger partial charge in [0.15, 0.2) is 0 Å². The maximum Gasteiger partial charge on any atom is 0.433 e. The summed E-state index contributed by atoms with van der Waals surface area (Å²) in [7, 11) is 0. The molecule has 2 saturated heterocycles. The smallest absolute Gasteiger partial charge is 0.378 e. The number of hydrogen-bond acceptors (Lipinski definition) is 7. The maximum absolute atomic E-state index is 13.1. The van der Waals surface area contributed by atoms with E-state index in [0.29, 0.717) is 18.9 Å². The van der Waals surface area contributed by atoms with Crippen molar-refractivity contribution in [2.75, 3.05) is 67.6 Å². The van der Waals surface area contributed by atoms with Crippen LogP contribution >= 0.6 is 0 Å². The van der Waals surface area contributed by atoms with E-state index >= 15 is 0 Å². The van der Waals surface area contributed by atoms with Crippen molar-refractivity contribution in [3.8, 4) is 11.1 Å². The fraction of sp³-hybridized carbons (Fsp3) is 0.370. The Morgan fingerprint density at radius 2 is 1.66 bits per heavy atom. The first-order valence-electron chi connectivity index (χ1n) is 12.5. The molecule has 0 unspecified atom stereocenters. The Hall–Kier alpha value is -3.70. The number of aromatic nitrogens is 2. The molecule has 0 aliphatic carbocycles. The molecule has 2 aliphatic heterocycles. The van der Waals surface area contributed by atoms with Gasteiger partial charge in [0.2, 0.25) is 0 Å². The second-order valence-electron chi connectivity index (χ2n) is 9.32. The molecule has 2 fully saturated rings. The van der Waals surface area contributed by atoms with Crippen LogP contribution in [0.15, 0.2) is 48.7 Å². The van der Waals surface area contributed by atoms with Gasteiger partial charge in [-0.1, -0.05) is 6.07 Å². The summed E-state index contributed by atoms with van der Waals surface area (Å²) in [5.74, 6) is 1.11. The van der Waals surface area contributed by atoms with Crippen molar-refractivity contribution >= 4 is 23.2 Å². The largest absolute Gasteiger partial charge is 0.433 e. The molecule has 0 radical (unpaired) electrons. The number of piperazine rings is 1. The molecule has 1 amide bonds. The van der Waals surface area contributed by atoms with Gasteiger partial charge in [0.1, 0.15) is 17.3 Å². The predicted octanol–water partition coefficient (Wildman–Crippen LogP) is 3.97. The molecule has 1 aromatic carbocycles. The van der Waals surface area contributed by atoms with Gasteiger partial charge in [-0.3, -0.25) is 9.78 Å². The minimum Gasteiger partial charge on any atom is -0.378 e. The fourth-order valence-corrected chi connectivity index (χ4v) is 4.61. The van der Waals surface area contributed by atoms with Gasteiger partial charge in [0, 0.05) is 56.7 Å². The van der Waals surface area contributed by atoms with Crippen LogP contribution in [0, 0.1) is 6.92 Å². The van der Waals surface area contributed by atoms with Crippen molar-refractivity contribution in [2.45, 2.75) is 13.1 Å². The summed E-state index contributed by atoms with van der Waals surface area (Å²) in [5.41, 5.74) is 2.11. The number of ether oxygens (including phenoxy) is 1. The minimum atomic E-state index is -4.63. The van der Waals surface area contributed by atoms with E-state index in [1.807, 2.05) is 25.1 Å². The summed E-state index contributed by atoms with van der Waals surface area (Å²) in [5, 5.41) is 6.10. The summed E-state index contributed by atoms with van der Waals surface area (Å²) in [6.45, 7) is 8.21. The van der Waals surface area contributed by atoms with Gasteiger partial charge in [-0.2, -0.15) is 13.2 Å². The van der Waals surface area contributed by atoms with Gasteiger partial charge >= 0.3 is 6.18 Å². The third-order valence-electron chi connectivity index (χ3n) is 6.69. The molecule has 11 heteroatoms. The van der Waals surface area contributed by atoms with E-state index < -0.39 is 17.8 Å². The molecule has 8 nitrogen and oxygen atoms in total. The van der Waals surface area contributed by atoms with Crippen molar-refractivity contribution in [2.24, 2.45) is 0 Å². The van der Waals surface area contributed by atoms with E-state index in [-0.39, 0.29) is 5.56 Å². The van der Waals surface area contributed by atoms with E-state index in [4.69, 9.17) is 9.72 Å². The van der Waals surface area contributed by atoms with Crippen LogP contribution in [-0.2, 0) is 10.9 Å². The number of anilines is 3. The molecular weight excluding hydrogens is 497 g/mol. The number of alkyl halides is 3. The Morgan fingerprint density at radius 3 is 2.34 bits per heavy atom. The van der Waals surface area contributed by atoms with E-state index in [1.54, 1.807) is 6.07 Å². The number of hydrogen-bond donors (Lipinski definition) is 2. The van der Waals surface area contributed by atoms with Gasteiger partial charge in [-0.05, 0) is 60.0 Å². The van der Waals surface area contributed by atoms with Crippen LogP contribution in [0.1, 0.15) is 21.6 Å². The predicted molar refractivity (Wildman–Crippen MR) is 140 cm³/mol. The molecule has 38 heavy (non-hydrogen) atoms. The van der Waals surface area contributed by atoms with Crippen LogP contribution in [0.5, 0.6) is 0 Å². The topological polar surface area (TPSA) is 82.6 Å². The van der Waals surface area contributed by atoms with Crippen molar-refractivity contribution in [1.29, 1.82) is 0 Å². The first kappa shape index (κ1) is 25.9. The molecule has 0 atom stereocenters. The highest BCUT2D eigenvalue weighted by molar-refractivity contribution is 6.04. The van der Waals surface area contributed by atoms with E-state index in [0.717, 1.165) is 79.9 Å². The average molecular weight is 527 g/mol. The van der Waals surface area contributed by atoms with Gasteiger partial charge < -0.3 is 25.2 Å². The zero-order valence-corrected chi connectivity index (χ0v) is 21.0. The van der Waals surface area contributed by atoms with Crippen LogP contribution in [0.4, 0.5) is 30.5 Å². The number of carbonyl (C=O) groups excluding carboxylic acids is 1. The molecule has 0 spiro atoms. The third-order valence-corrected chi connectivity index (χ3v) is 6.69. The van der Waals surface area contributed by atoms with Crippen molar-refractivity contribution < 1.29 is 22.7 Å². The molecule has 2 N–H and O–H groups in total. The highest BCUT2D eigenvalue weighted by Crippen LogP contribution is 2.33. The highest BCUT2D eigenvalue weighted by Gasteiger charge is 2.33. The summed E-state index contributed by atoms with van der Waals surface area (Å²) < 4.78 is 44.7. The Labute approximate surface area is 218 Å². The average Bonchev–Trinajstić information content (AvgIpc) is 2.94. The van der Waals surface area contributed by atoms with Gasteiger partial charge in [0.25, 0.3) is 5.91 Å². The second kappa shape index (κ2) is 11.0. The molecule has 5 rings (SSSR count). The third kappa shape index (κ3) is 5.89. The highest BCUT2D eigenvalue weighted by atomic mass is 19.4. The summed E-state index contributed by atoms with van der Waals surface area (Å²) in [6.07, 6.45) is -3.64. The molecule has 3 aromatic rings. The summed E-state index contributed by atoms with van der Waals surface area (Å²) in [4.78, 5) is 25.6. The lowest BCUT2D eigenvalue weighted by atomic mass is 9.99. The Morgan fingerprint density at radius 1 is 0.974 bits per heavy atom. The first-order valence-corrected chi connectivity index (χ1v) is 12.5. The molecule has 0 bridgehead atoms. The zero-order valence-electron chi connectivity index (χ0n) is 21.0. The molecule has 2 aromatic heterocycles. The second-order valence-corrected chi connectivity index (χ2v) is 9.32. The summed E-state index contributed by atoms with van der Waals surface area (Å²) in [6, 6.07) is 11.6. The van der Waals surface area contributed by atoms with Crippen LogP contribution in [0.2, 0.25) is 0 Å². The number of rotatable bonds is 5. The monoisotopic (exact) mass is 526 g/mol. The van der Waals surface area contributed by atoms with Crippen molar-refractivity contribution in [3.63, 3.8) is 0 Å². The standard InChI is InChI=1S/C27H29F3N6O2/c1-18-2-3-21(33-26(37)19-4-5-32-23(14-19)27(28,29)30)17-22(18)20-15-24(35-8-6-31-7-9-35)34-25(16-20)36-10-12-38-13-11-36/h2-5,14-17,31H,6-13H2,1H3,(H,33,37). The molecule has 200 valence electrons. The van der Waals surface area contributed by atoms with E-state index in [1.165, 1.54) is 6.07 Å². The normalized spacial score (nSPS) is 16.4. The maximum atomic E-state index is 13.1. The zero-order chi connectivity index (χ0) is 26.7. The van der Waals surface area contributed by atoms with Crippen molar-refractivity contribution in [3.05, 3.63) is 65.5 Å². The number of aryl methyl sites for hydroxylation is 1. The summed E-state index contributed by atoms with van der Waals surface area (Å²) >= 11 is 0. The van der Waals surface area contributed by atoms with E-state index in [9.17, 15) is 18.0 Å². The lowest BCUT2D eigenvalue weighted by Gasteiger charge is -2.32. The molecule has 4 heterocycles. The SMILES string of the molecule is Cc1ccc(NC(=O)c2ccnc(C(F)(F)F)c2)cc1-c1cc(N2CCNCC2)nc(N2CCOCC2)c1. The van der Waals surface area contributed by atoms with Crippen LogP contribution < -0.4 is 20.4 Å². The van der Waals surface area contributed by atoms with Gasteiger partial charge in [0.05, 0.1) is 13.2 Å². The number of amides is 1. The molecule has 0 saturated carbocycles. The number of nitrogens with one attached hydrogen (secondary N) is 2. The minimum absolute atomic E-state index is 0.117. The number of benzene rings is 1. The Bertz CT molecular complexity index is 1270. The van der Waals surface area contributed by atoms with Gasteiger partial charge in [-0.25, -0.2) is 4.98 Å².